The van der Waals surface area contributed by atoms with E-state index in [-0.39, 0.29) is 13.2 Å². The van der Waals surface area contributed by atoms with Crippen molar-refractivity contribution in [1.82, 2.24) is 4.90 Å². The largest absolute Gasteiger partial charge is 0.497 e. The number of amides is 1. The minimum atomic E-state index is -1.64. The Balaban J connectivity index is 1.86. The van der Waals surface area contributed by atoms with Crippen molar-refractivity contribution in [3.05, 3.63) is 59.2 Å². The Morgan fingerprint density at radius 2 is 1.61 bits per heavy atom. The molecule has 0 aliphatic heterocycles. The number of hydrogen-bond acceptors (Lipinski definition) is 8. The van der Waals surface area contributed by atoms with Crippen LogP contribution >= 0.6 is 0 Å². The summed E-state index contributed by atoms with van der Waals surface area (Å²) in [6, 6.07) is 14.2. The summed E-state index contributed by atoms with van der Waals surface area (Å²) in [7, 11) is 3.26. The van der Waals surface area contributed by atoms with Gasteiger partial charge in [-0.05, 0) is 100 Å². The highest BCUT2D eigenvalue weighted by molar-refractivity contribution is 5.88. The first-order valence-corrected chi connectivity index (χ1v) is 15.5. The number of likely N-dealkylation sites (N-methyl/N-ethyl adjacent to an activating group) is 1. The smallest absolute Gasteiger partial charge is 0.336 e. The number of ether oxygens (including phenoxy) is 4. The predicted octanol–water partition coefficient (Wildman–Crippen LogP) is 5.18. The number of anilines is 1. The molecular weight excluding hydrogens is 564 g/mol. The Hall–Kier alpha value is -3.63. The Bertz CT molecular complexity index is 1150. The van der Waals surface area contributed by atoms with Crippen LogP contribution in [0, 0.1) is 13.8 Å². The van der Waals surface area contributed by atoms with E-state index < -0.39 is 36.7 Å². The molecule has 10 heteroatoms. The third kappa shape index (κ3) is 13.3. The number of carbonyl (C=O) groups is 3. The van der Waals surface area contributed by atoms with Gasteiger partial charge in [-0.15, -0.1) is 0 Å². The van der Waals surface area contributed by atoms with Crippen molar-refractivity contribution in [3.8, 4) is 5.75 Å². The molecule has 0 fully saturated rings. The molecule has 44 heavy (non-hydrogen) atoms. The van der Waals surface area contributed by atoms with Gasteiger partial charge in [0.15, 0.2) is 12.2 Å². The minimum absolute atomic E-state index is 0.138. The van der Waals surface area contributed by atoms with Crippen molar-refractivity contribution in [3.63, 3.8) is 0 Å². The summed E-state index contributed by atoms with van der Waals surface area (Å²) in [6.07, 6.45) is 2.87. The minimum Gasteiger partial charge on any atom is -0.497 e. The molecule has 2 N–H and O–H groups in total. The lowest BCUT2D eigenvalue weighted by atomic mass is 10.0. The van der Waals surface area contributed by atoms with Crippen molar-refractivity contribution in [1.29, 1.82) is 0 Å². The van der Waals surface area contributed by atoms with Gasteiger partial charge in [0.25, 0.3) is 5.91 Å². The average Bonchev–Trinajstić information content (AvgIpc) is 3.01. The molecule has 1 amide bonds. The van der Waals surface area contributed by atoms with E-state index in [0.717, 1.165) is 56.5 Å². The zero-order valence-corrected chi connectivity index (χ0v) is 26.9. The van der Waals surface area contributed by atoms with Crippen LogP contribution < -0.4 is 10.1 Å². The van der Waals surface area contributed by atoms with Crippen LogP contribution in [0.2, 0.25) is 0 Å². The summed E-state index contributed by atoms with van der Waals surface area (Å²) < 4.78 is 21.3. The number of unbranched alkanes of at least 4 members (excludes halogenated alkanes) is 4. The van der Waals surface area contributed by atoms with Gasteiger partial charge in [0, 0.05) is 32.4 Å². The fourth-order valence-electron chi connectivity index (χ4n) is 4.63. The maximum atomic E-state index is 13.4. The molecule has 244 valence electrons. The van der Waals surface area contributed by atoms with Gasteiger partial charge in [0.05, 0.1) is 13.7 Å². The summed E-state index contributed by atoms with van der Waals surface area (Å²) in [4.78, 5) is 38.8. The maximum Gasteiger partial charge on any atom is 0.336 e. The van der Waals surface area contributed by atoms with E-state index in [1.54, 1.807) is 21.1 Å². The van der Waals surface area contributed by atoms with Crippen LogP contribution in [0.25, 0.3) is 0 Å². The van der Waals surface area contributed by atoms with E-state index in [1.165, 1.54) is 21.6 Å². The molecule has 0 aliphatic rings. The topological polar surface area (TPSA) is 124 Å². The van der Waals surface area contributed by atoms with Crippen LogP contribution in [0.3, 0.4) is 0 Å². The molecule has 0 saturated heterocycles. The van der Waals surface area contributed by atoms with Gasteiger partial charge >= 0.3 is 11.9 Å². The summed E-state index contributed by atoms with van der Waals surface area (Å²) in [5, 5.41) is 13.2. The number of benzene rings is 2. The van der Waals surface area contributed by atoms with Crippen molar-refractivity contribution in [2.45, 2.75) is 77.9 Å². The molecular formula is C34H50N2O8. The molecule has 2 rings (SSSR count). The molecule has 0 bridgehead atoms. The highest BCUT2D eigenvalue weighted by Gasteiger charge is 2.38. The summed E-state index contributed by atoms with van der Waals surface area (Å²) in [5.41, 5.74) is 4.82. The molecule has 2 aromatic rings. The Labute approximate surface area is 262 Å². The third-order valence-electron chi connectivity index (χ3n) is 7.39. The lowest BCUT2D eigenvalue weighted by Crippen LogP contribution is -2.50. The number of nitrogens with zero attached hydrogens (tertiary/aromatic N) is 1. The summed E-state index contributed by atoms with van der Waals surface area (Å²) in [5.74, 6) is -1.77. The molecule has 2 aromatic carbocycles. The SMILES string of the molecule is CCOC(=O)CO[C@@H](C(=O)O)[C@@H](OCCCCCc1ccc(C)c(C)c1)C(=O)N(C)CCCCCNc1ccc(OC)cc1. The number of carbonyl (C=O) groups excluding carboxylic acids is 2. The second kappa shape index (κ2) is 20.3. The number of rotatable bonds is 22. The highest BCUT2D eigenvalue weighted by Crippen LogP contribution is 2.16. The van der Waals surface area contributed by atoms with Crippen LogP contribution in [0.4, 0.5) is 5.69 Å². The normalized spacial score (nSPS) is 12.3. The number of aryl methyl sites for hydroxylation is 3. The first-order valence-electron chi connectivity index (χ1n) is 15.5. The first-order chi connectivity index (χ1) is 21.2. The fraction of sp³-hybridized carbons (Fsp3) is 0.559. The van der Waals surface area contributed by atoms with Crippen LogP contribution in [0.1, 0.15) is 62.1 Å². The molecule has 0 heterocycles. The van der Waals surface area contributed by atoms with Crippen molar-refractivity contribution >= 4 is 23.5 Å². The Kier molecular flexibility index (Phi) is 16.9. The molecule has 2 atom stereocenters. The molecule has 0 aliphatic carbocycles. The van der Waals surface area contributed by atoms with Gasteiger partial charge in [-0.25, -0.2) is 9.59 Å². The van der Waals surface area contributed by atoms with Crippen LogP contribution in [-0.2, 0) is 35.0 Å². The van der Waals surface area contributed by atoms with Crippen molar-refractivity contribution in [2.24, 2.45) is 0 Å². The first kappa shape index (κ1) is 36.6. The molecule has 0 radical (unpaired) electrons. The molecule has 0 aromatic heterocycles. The van der Waals surface area contributed by atoms with Gasteiger partial charge < -0.3 is 34.3 Å². The van der Waals surface area contributed by atoms with E-state index in [9.17, 15) is 19.5 Å². The summed E-state index contributed by atoms with van der Waals surface area (Å²) in [6.45, 7) is 6.80. The van der Waals surface area contributed by atoms with Gasteiger partial charge in [-0.2, -0.15) is 0 Å². The second-order valence-corrected chi connectivity index (χ2v) is 10.9. The number of esters is 1. The van der Waals surface area contributed by atoms with E-state index in [0.29, 0.717) is 13.0 Å². The second-order valence-electron chi connectivity index (χ2n) is 10.9. The number of carboxylic acids is 1. The standard InChI is InChI=1S/C34H50N2O8/c1-6-42-30(37)24-44-32(34(39)40)31(43-22-12-7-9-13-27-15-14-25(2)26(3)23-27)33(38)36(4)21-11-8-10-20-35-28-16-18-29(41-5)19-17-28/h14-19,23,31-32,35H,6-13,20-22,24H2,1-5H3,(H,39,40)/t31-,32-/m1/s1. The Morgan fingerprint density at radius 1 is 0.886 bits per heavy atom. The number of aliphatic carboxylic acids is 1. The number of nitrogens with one attached hydrogen (secondary N) is 1. The zero-order chi connectivity index (χ0) is 32.3. The fourth-order valence-corrected chi connectivity index (χ4v) is 4.63. The van der Waals surface area contributed by atoms with E-state index in [1.807, 2.05) is 24.3 Å². The quantitative estimate of drug-likeness (QED) is 0.136. The monoisotopic (exact) mass is 614 g/mol. The van der Waals surface area contributed by atoms with E-state index in [4.69, 9.17) is 18.9 Å². The molecule has 0 saturated carbocycles. The average molecular weight is 615 g/mol. The zero-order valence-electron chi connectivity index (χ0n) is 26.9. The van der Waals surface area contributed by atoms with Gasteiger partial charge in [0.1, 0.15) is 12.4 Å². The number of carboxylic acid groups (broad SMARTS) is 1. The van der Waals surface area contributed by atoms with Crippen LogP contribution in [0.15, 0.2) is 42.5 Å². The van der Waals surface area contributed by atoms with Crippen molar-refractivity contribution < 1.29 is 38.4 Å². The molecule has 10 nitrogen and oxygen atoms in total. The van der Waals surface area contributed by atoms with Crippen LogP contribution in [-0.4, -0.2) is 87.1 Å². The lowest BCUT2D eigenvalue weighted by Gasteiger charge is -2.28. The van der Waals surface area contributed by atoms with Crippen molar-refractivity contribution in [2.75, 3.05) is 52.4 Å². The number of hydrogen-bond donors (Lipinski definition) is 2. The maximum absolute atomic E-state index is 13.4. The lowest BCUT2D eigenvalue weighted by molar-refractivity contribution is -0.177. The Morgan fingerprint density at radius 3 is 2.27 bits per heavy atom. The van der Waals surface area contributed by atoms with Gasteiger partial charge in [0.2, 0.25) is 0 Å². The van der Waals surface area contributed by atoms with E-state index >= 15 is 0 Å². The predicted molar refractivity (Wildman–Crippen MR) is 170 cm³/mol. The van der Waals surface area contributed by atoms with E-state index in [2.05, 4.69) is 37.4 Å². The molecule has 0 unspecified atom stereocenters. The third-order valence-corrected chi connectivity index (χ3v) is 7.39. The molecule has 0 spiro atoms. The number of methoxy groups -OCH3 is 1. The van der Waals surface area contributed by atoms with Gasteiger partial charge in [-0.3, -0.25) is 4.79 Å². The van der Waals surface area contributed by atoms with Gasteiger partial charge in [-0.1, -0.05) is 24.6 Å². The summed E-state index contributed by atoms with van der Waals surface area (Å²) >= 11 is 0. The van der Waals surface area contributed by atoms with Crippen LogP contribution in [0.5, 0.6) is 5.75 Å². The highest BCUT2D eigenvalue weighted by atomic mass is 16.6.